The fourth-order valence-corrected chi connectivity index (χ4v) is 3.49. The molecule has 0 aliphatic carbocycles. The highest BCUT2D eigenvalue weighted by Gasteiger charge is 2.28. The zero-order valence-electron chi connectivity index (χ0n) is 17.5. The lowest BCUT2D eigenvalue weighted by atomic mass is 10.1. The molecule has 158 valence electrons. The van der Waals surface area contributed by atoms with Gasteiger partial charge < -0.3 is 18.8 Å². The van der Waals surface area contributed by atoms with E-state index in [1.165, 1.54) is 6.07 Å². The van der Waals surface area contributed by atoms with Gasteiger partial charge in [-0.15, -0.1) is 0 Å². The van der Waals surface area contributed by atoms with E-state index >= 15 is 0 Å². The first-order valence-electron chi connectivity index (χ1n) is 10.0. The molecule has 3 aromatic carbocycles. The number of fused-ring (bicyclic) bond motifs is 2. The number of allylic oxidation sites excluding steroid dienone is 1. The largest absolute Gasteiger partial charge is 0.452 e. The predicted molar refractivity (Wildman–Crippen MR) is 121 cm³/mol. The summed E-state index contributed by atoms with van der Waals surface area (Å²) >= 11 is 0. The van der Waals surface area contributed by atoms with Crippen LogP contribution in [0.25, 0.3) is 17.0 Å². The highest BCUT2D eigenvalue weighted by Crippen LogP contribution is 2.35. The molecule has 0 fully saturated rings. The third-order valence-electron chi connectivity index (χ3n) is 5.19. The number of rotatable bonds is 4. The summed E-state index contributed by atoms with van der Waals surface area (Å²) in [7, 11) is 3.93. The summed E-state index contributed by atoms with van der Waals surface area (Å²) in [6.07, 6.45) is 1.70. The molecule has 1 aliphatic heterocycles. The van der Waals surface area contributed by atoms with Crippen molar-refractivity contribution in [3.8, 4) is 11.5 Å². The number of hydrogen-bond acceptors (Lipinski definition) is 6. The summed E-state index contributed by atoms with van der Waals surface area (Å²) in [6.45, 7) is 0. The molecule has 0 amide bonds. The van der Waals surface area contributed by atoms with Crippen LogP contribution in [0.5, 0.6) is 11.5 Å². The maximum absolute atomic E-state index is 12.7. The molecule has 5 rings (SSSR count). The lowest BCUT2D eigenvalue weighted by Crippen LogP contribution is -2.08. The van der Waals surface area contributed by atoms with Gasteiger partial charge in [-0.05, 0) is 48.0 Å². The Labute approximate surface area is 184 Å². The first-order valence-corrected chi connectivity index (χ1v) is 10.0. The van der Waals surface area contributed by atoms with Crippen molar-refractivity contribution in [3.05, 3.63) is 95.4 Å². The monoisotopic (exact) mass is 425 g/mol. The van der Waals surface area contributed by atoms with Crippen LogP contribution in [0.2, 0.25) is 0 Å². The molecule has 32 heavy (non-hydrogen) atoms. The normalized spacial score (nSPS) is 13.8. The molecule has 1 aliphatic rings. The van der Waals surface area contributed by atoms with Crippen LogP contribution in [-0.4, -0.2) is 25.8 Å². The fraction of sp³-hybridized carbons (Fsp3) is 0.0769. The number of esters is 1. The van der Waals surface area contributed by atoms with Crippen LogP contribution in [0.4, 0.5) is 5.69 Å². The topological polar surface area (TPSA) is 69.0 Å². The predicted octanol–water partition coefficient (Wildman–Crippen LogP) is 5.33. The van der Waals surface area contributed by atoms with Crippen molar-refractivity contribution in [1.29, 1.82) is 0 Å². The third-order valence-corrected chi connectivity index (χ3v) is 5.19. The van der Waals surface area contributed by atoms with Crippen molar-refractivity contribution < 1.29 is 23.5 Å². The quantitative estimate of drug-likeness (QED) is 0.250. The van der Waals surface area contributed by atoms with Gasteiger partial charge in [0.1, 0.15) is 17.1 Å². The van der Waals surface area contributed by atoms with Crippen molar-refractivity contribution >= 4 is 34.5 Å². The Balaban J connectivity index is 1.35. The summed E-state index contributed by atoms with van der Waals surface area (Å²) in [5.74, 6) is 0.0949. The van der Waals surface area contributed by atoms with E-state index in [0.717, 1.165) is 16.6 Å². The molecule has 0 spiro atoms. The van der Waals surface area contributed by atoms with E-state index in [1.807, 2.05) is 61.5 Å². The number of benzene rings is 3. The van der Waals surface area contributed by atoms with Crippen molar-refractivity contribution in [1.82, 2.24) is 0 Å². The molecule has 0 N–H and O–H groups in total. The van der Waals surface area contributed by atoms with Crippen molar-refractivity contribution in [3.63, 3.8) is 0 Å². The highest BCUT2D eigenvalue weighted by atomic mass is 16.5. The van der Waals surface area contributed by atoms with Gasteiger partial charge in [-0.25, -0.2) is 4.79 Å². The van der Waals surface area contributed by atoms with E-state index in [2.05, 4.69) is 0 Å². The van der Waals surface area contributed by atoms with E-state index < -0.39 is 5.97 Å². The van der Waals surface area contributed by atoms with Gasteiger partial charge in [-0.2, -0.15) is 0 Å². The average molecular weight is 425 g/mol. The second-order valence-corrected chi connectivity index (χ2v) is 7.62. The molecule has 6 heteroatoms. The number of ketones is 1. The number of carbonyl (C=O) groups excluding carboxylic acids is 2. The van der Waals surface area contributed by atoms with Gasteiger partial charge in [-0.3, -0.25) is 4.79 Å². The Morgan fingerprint density at radius 3 is 2.50 bits per heavy atom. The van der Waals surface area contributed by atoms with Crippen LogP contribution in [0, 0.1) is 0 Å². The Morgan fingerprint density at radius 1 is 0.969 bits per heavy atom. The third kappa shape index (κ3) is 3.63. The molecule has 1 aromatic heterocycles. The van der Waals surface area contributed by atoms with Crippen LogP contribution in [0.3, 0.4) is 0 Å². The maximum Gasteiger partial charge on any atom is 0.379 e. The molecule has 6 nitrogen and oxygen atoms in total. The fourth-order valence-electron chi connectivity index (χ4n) is 3.49. The molecule has 4 aromatic rings. The second kappa shape index (κ2) is 7.74. The molecule has 0 radical (unpaired) electrons. The van der Waals surface area contributed by atoms with E-state index in [4.69, 9.17) is 13.9 Å². The SMILES string of the molecule is CN(C)c1ccc(/C=C2\Oc3cc(OC(=O)c4cc5ccccc5o4)ccc3C2=O)cc1. The van der Waals surface area contributed by atoms with Gasteiger partial charge in [0.25, 0.3) is 0 Å². The molecule has 0 unspecified atom stereocenters. The number of carbonyl (C=O) groups is 2. The van der Waals surface area contributed by atoms with Gasteiger partial charge in [-0.1, -0.05) is 30.3 Å². The summed E-state index contributed by atoms with van der Waals surface area (Å²) in [5.41, 5.74) is 2.94. The lowest BCUT2D eigenvalue weighted by Gasteiger charge is -2.11. The number of nitrogens with zero attached hydrogens (tertiary/aromatic N) is 1. The molecule has 0 atom stereocenters. The average Bonchev–Trinajstić information content (AvgIpc) is 3.35. The van der Waals surface area contributed by atoms with Crippen molar-refractivity contribution in [2.45, 2.75) is 0 Å². The van der Waals surface area contributed by atoms with Crippen LogP contribution in [0.1, 0.15) is 26.5 Å². The van der Waals surface area contributed by atoms with Crippen LogP contribution in [-0.2, 0) is 0 Å². The van der Waals surface area contributed by atoms with Crippen molar-refractivity contribution in [2.75, 3.05) is 19.0 Å². The van der Waals surface area contributed by atoms with Crippen molar-refractivity contribution in [2.24, 2.45) is 0 Å². The Hall–Kier alpha value is -4.32. The second-order valence-electron chi connectivity index (χ2n) is 7.62. The number of Topliss-reactive ketones (excluding diaryl/α,β-unsaturated/α-hetero) is 1. The first-order chi connectivity index (χ1) is 15.5. The number of ether oxygens (including phenoxy) is 2. The Bertz CT molecular complexity index is 1350. The summed E-state index contributed by atoms with van der Waals surface area (Å²) in [6, 6.07) is 21.4. The molecule has 0 bridgehead atoms. The van der Waals surface area contributed by atoms with Gasteiger partial charge in [0.05, 0.1) is 5.56 Å². The lowest BCUT2D eigenvalue weighted by molar-refractivity contribution is 0.0703. The number of anilines is 1. The van der Waals surface area contributed by atoms with Gasteiger partial charge in [0.2, 0.25) is 11.5 Å². The first kappa shape index (κ1) is 19.6. The zero-order chi connectivity index (χ0) is 22.2. The molecular weight excluding hydrogens is 406 g/mol. The minimum atomic E-state index is -0.623. The number of hydrogen-bond donors (Lipinski definition) is 0. The minimum absolute atomic E-state index is 0.102. The summed E-state index contributed by atoms with van der Waals surface area (Å²) in [4.78, 5) is 27.2. The summed E-state index contributed by atoms with van der Waals surface area (Å²) < 4.78 is 16.7. The standard InChI is InChI=1S/C26H19NO5/c1-27(2)18-9-7-16(8-10-18)13-23-25(28)20-12-11-19(15-22(20)32-23)30-26(29)24-14-17-5-3-4-6-21(17)31-24/h3-15H,1-2H3/b23-13-. The van der Waals surface area contributed by atoms with Gasteiger partial charge >= 0.3 is 5.97 Å². The molecule has 0 saturated heterocycles. The Kier molecular flexibility index (Phi) is 4.75. The maximum atomic E-state index is 12.7. The van der Waals surface area contributed by atoms with Crippen LogP contribution in [0.15, 0.2) is 83.0 Å². The Morgan fingerprint density at radius 2 is 1.75 bits per heavy atom. The molecule has 0 saturated carbocycles. The summed E-state index contributed by atoms with van der Waals surface area (Å²) in [5, 5.41) is 0.815. The number of para-hydroxylation sites is 1. The smallest absolute Gasteiger partial charge is 0.379 e. The molecular formula is C26H19NO5. The van der Waals surface area contributed by atoms with E-state index in [9.17, 15) is 9.59 Å². The van der Waals surface area contributed by atoms with Crippen LogP contribution >= 0.6 is 0 Å². The van der Waals surface area contributed by atoms with E-state index in [-0.39, 0.29) is 23.1 Å². The number of furan rings is 1. The van der Waals surface area contributed by atoms with E-state index in [0.29, 0.717) is 16.9 Å². The van der Waals surface area contributed by atoms with Gasteiger partial charge in [0, 0.05) is 31.2 Å². The minimum Gasteiger partial charge on any atom is -0.452 e. The highest BCUT2D eigenvalue weighted by molar-refractivity contribution is 6.14. The van der Waals surface area contributed by atoms with Crippen LogP contribution < -0.4 is 14.4 Å². The van der Waals surface area contributed by atoms with Gasteiger partial charge in [0.15, 0.2) is 5.76 Å². The zero-order valence-corrected chi connectivity index (χ0v) is 17.5. The van der Waals surface area contributed by atoms with E-state index in [1.54, 1.807) is 30.3 Å². The molecule has 2 heterocycles.